The molecule has 29 heavy (non-hydrogen) atoms. The zero-order valence-corrected chi connectivity index (χ0v) is 17.9. The van der Waals surface area contributed by atoms with Crippen LogP contribution in [0, 0.1) is 0 Å². The largest absolute Gasteiger partial charge is 0.311 e. The van der Waals surface area contributed by atoms with Crippen LogP contribution in [0.4, 0.5) is 0 Å². The Labute approximate surface area is 177 Å². The van der Waals surface area contributed by atoms with Gasteiger partial charge in [-0.3, -0.25) is 19.4 Å². The minimum atomic E-state index is -0.385. The lowest BCUT2D eigenvalue weighted by Gasteiger charge is -2.35. The van der Waals surface area contributed by atoms with Crippen molar-refractivity contribution in [1.82, 2.24) is 24.3 Å². The molecule has 1 aromatic carbocycles. The van der Waals surface area contributed by atoms with Crippen molar-refractivity contribution in [3.05, 3.63) is 40.9 Å². The summed E-state index contributed by atoms with van der Waals surface area (Å²) in [6.07, 6.45) is 1.55. The zero-order valence-electron chi connectivity index (χ0n) is 16.2. The van der Waals surface area contributed by atoms with E-state index in [2.05, 4.69) is 9.97 Å². The van der Waals surface area contributed by atoms with E-state index in [-0.39, 0.29) is 22.5 Å². The fourth-order valence-corrected chi connectivity index (χ4v) is 4.63. The van der Waals surface area contributed by atoms with Crippen molar-refractivity contribution >= 4 is 57.0 Å². The van der Waals surface area contributed by atoms with Gasteiger partial charge in [-0.05, 0) is 32.1 Å². The smallest absolute Gasteiger partial charge is 0.265 e. The van der Waals surface area contributed by atoms with Crippen molar-refractivity contribution in [3.8, 4) is 11.4 Å². The van der Waals surface area contributed by atoms with Gasteiger partial charge < -0.3 is 4.57 Å². The molecule has 0 unspecified atom stereocenters. The third-order valence-electron chi connectivity index (χ3n) is 4.80. The minimum Gasteiger partial charge on any atom is -0.311 e. The summed E-state index contributed by atoms with van der Waals surface area (Å²) in [7, 11) is 1.90. The number of thiocarbonyl (C=S) groups is 1. The van der Waals surface area contributed by atoms with Crippen molar-refractivity contribution in [2.75, 3.05) is 13.1 Å². The maximum absolute atomic E-state index is 12.8. The summed E-state index contributed by atoms with van der Waals surface area (Å²) >= 11 is 6.64. The summed E-state index contributed by atoms with van der Waals surface area (Å²) in [4.78, 5) is 38.5. The van der Waals surface area contributed by atoms with Crippen LogP contribution in [0.3, 0.4) is 0 Å². The van der Waals surface area contributed by atoms with Crippen LogP contribution in [-0.4, -0.2) is 54.4 Å². The van der Waals surface area contributed by atoms with Crippen LogP contribution in [0.2, 0.25) is 0 Å². The Bertz CT molecular complexity index is 1130. The first-order valence-electron chi connectivity index (χ1n) is 9.24. The molecule has 148 valence electrons. The molecule has 3 heterocycles. The standard InChI is InChI=1S/C20H19N5O2S2/c1-4-24-18(26)13(19(27)25(5-2)20(24)28)11-14-21-16-17(29-14)22-15(23(16)3)12-9-7-6-8-10-12/h6-11H,4-5H2,1-3H3. The van der Waals surface area contributed by atoms with Gasteiger partial charge in [0.25, 0.3) is 11.8 Å². The van der Waals surface area contributed by atoms with Crippen LogP contribution >= 0.6 is 23.6 Å². The van der Waals surface area contributed by atoms with Crippen molar-refractivity contribution < 1.29 is 9.59 Å². The molecule has 4 rings (SSSR count). The number of aryl methyl sites for hydroxylation is 1. The van der Waals surface area contributed by atoms with Gasteiger partial charge in [-0.15, -0.1) is 0 Å². The topological polar surface area (TPSA) is 71.3 Å². The van der Waals surface area contributed by atoms with Gasteiger partial charge in [0.2, 0.25) is 0 Å². The molecule has 0 bridgehead atoms. The second-order valence-electron chi connectivity index (χ2n) is 6.48. The molecule has 0 N–H and O–H groups in total. The molecule has 0 saturated carbocycles. The van der Waals surface area contributed by atoms with E-state index in [1.807, 2.05) is 55.8 Å². The number of likely N-dealkylation sites (N-methyl/N-ethyl adjacent to an activating group) is 2. The zero-order chi connectivity index (χ0) is 20.7. The van der Waals surface area contributed by atoms with Crippen LogP contribution < -0.4 is 0 Å². The third-order valence-corrected chi connectivity index (χ3v) is 6.12. The van der Waals surface area contributed by atoms with Gasteiger partial charge in [0, 0.05) is 25.7 Å². The molecule has 0 aliphatic carbocycles. The van der Waals surface area contributed by atoms with Gasteiger partial charge in [-0.1, -0.05) is 41.7 Å². The van der Waals surface area contributed by atoms with Gasteiger partial charge in [-0.25, -0.2) is 9.97 Å². The number of hydrogen-bond acceptors (Lipinski definition) is 6. The number of thiazole rings is 1. The summed E-state index contributed by atoms with van der Waals surface area (Å²) in [5, 5.41) is 0.815. The molecular formula is C20H19N5O2S2. The van der Waals surface area contributed by atoms with Crippen LogP contribution in [0.1, 0.15) is 18.9 Å². The molecule has 1 aliphatic heterocycles. The quantitative estimate of drug-likeness (QED) is 0.365. The lowest BCUT2D eigenvalue weighted by molar-refractivity contribution is -0.133. The van der Waals surface area contributed by atoms with Gasteiger partial charge >= 0.3 is 0 Å². The molecule has 7 nitrogen and oxygen atoms in total. The number of nitrogens with zero attached hydrogens (tertiary/aromatic N) is 5. The summed E-state index contributed by atoms with van der Waals surface area (Å²) in [5.41, 5.74) is 1.79. The number of carbonyl (C=O) groups is 2. The average Bonchev–Trinajstić information content (AvgIpc) is 3.25. The number of benzene rings is 1. The highest BCUT2D eigenvalue weighted by atomic mass is 32.1. The van der Waals surface area contributed by atoms with Crippen LogP contribution in [0.5, 0.6) is 0 Å². The Morgan fingerprint density at radius 3 is 2.21 bits per heavy atom. The average molecular weight is 426 g/mol. The predicted octanol–water partition coefficient (Wildman–Crippen LogP) is 3.08. The summed E-state index contributed by atoms with van der Waals surface area (Å²) in [6.45, 7) is 4.47. The monoisotopic (exact) mass is 425 g/mol. The number of rotatable bonds is 4. The molecule has 9 heteroatoms. The predicted molar refractivity (Wildman–Crippen MR) is 117 cm³/mol. The van der Waals surface area contributed by atoms with Crippen LogP contribution in [0.15, 0.2) is 35.9 Å². The molecule has 1 aliphatic rings. The first-order chi connectivity index (χ1) is 14.0. The highest BCUT2D eigenvalue weighted by Gasteiger charge is 2.38. The van der Waals surface area contributed by atoms with Crippen molar-refractivity contribution in [1.29, 1.82) is 0 Å². The van der Waals surface area contributed by atoms with Crippen LogP contribution in [-0.2, 0) is 16.6 Å². The van der Waals surface area contributed by atoms with E-state index in [1.165, 1.54) is 21.1 Å². The second kappa shape index (κ2) is 7.49. The maximum atomic E-state index is 12.8. The molecular weight excluding hydrogens is 406 g/mol. The van der Waals surface area contributed by atoms with Gasteiger partial charge in [0.1, 0.15) is 16.4 Å². The number of fused-ring (bicyclic) bond motifs is 1. The number of hydrogen-bond donors (Lipinski definition) is 0. The lowest BCUT2D eigenvalue weighted by atomic mass is 10.1. The molecule has 1 fully saturated rings. The Morgan fingerprint density at radius 2 is 1.66 bits per heavy atom. The third kappa shape index (κ3) is 3.16. The summed E-state index contributed by atoms with van der Waals surface area (Å²) in [5.74, 6) is 0.0526. The number of carbonyl (C=O) groups excluding carboxylic acids is 2. The summed E-state index contributed by atoms with van der Waals surface area (Å²) < 4.78 is 1.92. The van der Waals surface area contributed by atoms with Gasteiger partial charge in [-0.2, -0.15) is 0 Å². The molecule has 0 spiro atoms. The molecule has 0 atom stereocenters. The number of amides is 2. The van der Waals surface area contributed by atoms with Gasteiger partial charge in [0.15, 0.2) is 15.6 Å². The normalized spacial score (nSPS) is 15.0. The number of imidazole rings is 1. The SMILES string of the molecule is CCN1C(=O)C(=Cc2nc3c(nc(-c4ccccc4)n3C)s2)C(=O)N(CC)C1=S. The fourth-order valence-electron chi connectivity index (χ4n) is 3.30. The second-order valence-corrected chi connectivity index (χ2v) is 7.85. The van der Waals surface area contributed by atoms with Crippen molar-refractivity contribution in [2.24, 2.45) is 7.05 Å². The molecule has 2 amide bonds. The van der Waals surface area contributed by atoms with Crippen LogP contribution in [0.25, 0.3) is 27.9 Å². The van der Waals surface area contributed by atoms with E-state index in [9.17, 15) is 9.59 Å². The van der Waals surface area contributed by atoms with Crippen molar-refractivity contribution in [2.45, 2.75) is 13.8 Å². The van der Waals surface area contributed by atoms with E-state index >= 15 is 0 Å². The van der Waals surface area contributed by atoms with E-state index < -0.39 is 0 Å². The Balaban J connectivity index is 1.75. The lowest BCUT2D eigenvalue weighted by Crippen LogP contribution is -2.55. The Morgan fingerprint density at radius 1 is 1.03 bits per heavy atom. The first kappa shape index (κ1) is 19.4. The molecule has 1 saturated heterocycles. The van der Waals surface area contributed by atoms with Crippen molar-refractivity contribution in [3.63, 3.8) is 0 Å². The highest BCUT2D eigenvalue weighted by molar-refractivity contribution is 7.80. The minimum absolute atomic E-state index is 0.0737. The first-order valence-corrected chi connectivity index (χ1v) is 10.5. The van der Waals surface area contributed by atoms with E-state index in [4.69, 9.17) is 12.2 Å². The molecule has 2 aromatic heterocycles. The van der Waals surface area contributed by atoms with Gasteiger partial charge in [0.05, 0.1) is 0 Å². The fraction of sp³-hybridized carbons (Fsp3) is 0.250. The Hall–Kier alpha value is -2.91. The van der Waals surface area contributed by atoms with E-state index in [1.54, 1.807) is 6.08 Å². The molecule has 3 aromatic rings. The van der Waals surface area contributed by atoms with E-state index in [0.29, 0.717) is 23.7 Å². The molecule has 0 radical (unpaired) electrons. The van der Waals surface area contributed by atoms with E-state index in [0.717, 1.165) is 16.2 Å². The summed E-state index contributed by atoms with van der Waals surface area (Å²) in [6, 6.07) is 9.88. The number of aromatic nitrogens is 3. The maximum Gasteiger partial charge on any atom is 0.265 e. The Kier molecular flexibility index (Phi) is 5.01. The highest BCUT2D eigenvalue weighted by Crippen LogP contribution is 2.29.